The number of nitrogens with zero attached hydrogens (tertiary/aromatic N) is 1. The third kappa shape index (κ3) is 3.53. The molecule has 1 aromatic carbocycles. The molecular weight excluding hydrogens is 214 g/mol. The van der Waals surface area contributed by atoms with Gasteiger partial charge in [-0.1, -0.05) is 6.42 Å². The van der Waals surface area contributed by atoms with E-state index in [0.717, 1.165) is 6.54 Å². The molecule has 1 heterocycles. The van der Waals surface area contributed by atoms with E-state index in [0.29, 0.717) is 23.7 Å². The van der Waals surface area contributed by atoms with Gasteiger partial charge in [0.1, 0.15) is 12.4 Å². The average Bonchev–Trinajstić information content (AvgIpc) is 2.35. The molecule has 0 saturated carbocycles. The number of likely N-dealkylation sites (tertiary alicyclic amines) is 1. The molecule has 0 aliphatic carbocycles. The zero-order chi connectivity index (χ0) is 12.1. The van der Waals surface area contributed by atoms with E-state index < -0.39 is 0 Å². The molecular formula is C13H21N3O. The predicted molar refractivity (Wildman–Crippen MR) is 71.1 cm³/mol. The molecule has 0 bridgehead atoms. The lowest BCUT2D eigenvalue weighted by molar-refractivity contribution is 0.184. The summed E-state index contributed by atoms with van der Waals surface area (Å²) in [6.45, 7) is 4.02. The first-order valence-corrected chi connectivity index (χ1v) is 6.26. The number of benzene rings is 1. The lowest BCUT2D eigenvalue weighted by atomic mass is 10.1. The van der Waals surface area contributed by atoms with Gasteiger partial charge in [0.25, 0.3) is 0 Å². The van der Waals surface area contributed by atoms with Crippen LogP contribution >= 0.6 is 0 Å². The average molecular weight is 235 g/mol. The number of nitrogens with two attached hydrogens (primary N) is 2. The van der Waals surface area contributed by atoms with Crippen LogP contribution in [0.4, 0.5) is 11.4 Å². The topological polar surface area (TPSA) is 64.5 Å². The van der Waals surface area contributed by atoms with Crippen LogP contribution in [0.2, 0.25) is 0 Å². The highest BCUT2D eigenvalue weighted by Gasteiger charge is 2.09. The van der Waals surface area contributed by atoms with Crippen molar-refractivity contribution < 1.29 is 4.74 Å². The Balaban J connectivity index is 1.79. The van der Waals surface area contributed by atoms with Gasteiger partial charge in [0.15, 0.2) is 0 Å². The second-order valence-electron chi connectivity index (χ2n) is 4.55. The molecule has 4 nitrogen and oxygen atoms in total. The van der Waals surface area contributed by atoms with Crippen molar-refractivity contribution in [2.45, 2.75) is 19.3 Å². The second kappa shape index (κ2) is 5.77. The predicted octanol–water partition coefficient (Wildman–Crippen LogP) is 1.72. The molecule has 1 aliphatic rings. The Morgan fingerprint density at radius 2 is 1.88 bits per heavy atom. The van der Waals surface area contributed by atoms with Gasteiger partial charge in [-0.05, 0) is 38.1 Å². The highest BCUT2D eigenvalue weighted by atomic mass is 16.5. The summed E-state index contributed by atoms with van der Waals surface area (Å²) in [5.74, 6) is 0.696. The number of nitrogen functional groups attached to an aromatic ring is 2. The molecule has 1 aromatic rings. The van der Waals surface area contributed by atoms with Crippen LogP contribution in [0.15, 0.2) is 18.2 Å². The largest absolute Gasteiger partial charge is 0.490 e. The van der Waals surface area contributed by atoms with Crippen molar-refractivity contribution in [3.63, 3.8) is 0 Å². The Kier molecular flexibility index (Phi) is 4.09. The quantitative estimate of drug-likeness (QED) is 0.780. The lowest BCUT2D eigenvalue weighted by Crippen LogP contribution is -2.33. The Bertz CT molecular complexity index is 362. The Morgan fingerprint density at radius 3 is 2.65 bits per heavy atom. The van der Waals surface area contributed by atoms with Crippen LogP contribution < -0.4 is 16.2 Å². The van der Waals surface area contributed by atoms with Gasteiger partial charge in [-0.2, -0.15) is 0 Å². The van der Waals surface area contributed by atoms with Crippen molar-refractivity contribution in [2.75, 3.05) is 37.7 Å². The van der Waals surface area contributed by atoms with Gasteiger partial charge in [0.2, 0.25) is 0 Å². The fraction of sp³-hybridized carbons (Fsp3) is 0.538. The van der Waals surface area contributed by atoms with Crippen molar-refractivity contribution >= 4 is 11.4 Å². The van der Waals surface area contributed by atoms with E-state index in [1.54, 1.807) is 18.2 Å². The number of hydrogen-bond acceptors (Lipinski definition) is 4. The zero-order valence-electron chi connectivity index (χ0n) is 10.2. The normalized spacial score (nSPS) is 16.9. The minimum absolute atomic E-state index is 0.651. The van der Waals surface area contributed by atoms with E-state index in [2.05, 4.69) is 4.90 Å². The van der Waals surface area contributed by atoms with Crippen molar-refractivity contribution in [1.29, 1.82) is 0 Å². The molecule has 0 atom stereocenters. The highest BCUT2D eigenvalue weighted by molar-refractivity contribution is 5.59. The fourth-order valence-electron chi connectivity index (χ4n) is 2.14. The number of ether oxygens (including phenoxy) is 1. The summed E-state index contributed by atoms with van der Waals surface area (Å²) < 4.78 is 5.67. The molecule has 4 N–H and O–H groups in total. The van der Waals surface area contributed by atoms with Gasteiger partial charge >= 0.3 is 0 Å². The molecule has 4 heteroatoms. The summed E-state index contributed by atoms with van der Waals surface area (Å²) in [6, 6.07) is 5.35. The molecule has 0 unspecified atom stereocenters. The maximum atomic E-state index is 5.81. The van der Waals surface area contributed by atoms with Crippen LogP contribution in [0.3, 0.4) is 0 Å². The summed E-state index contributed by atoms with van der Waals surface area (Å²) in [4.78, 5) is 2.44. The first-order valence-electron chi connectivity index (χ1n) is 6.26. The molecule has 1 saturated heterocycles. The molecule has 1 fully saturated rings. The minimum Gasteiger partial charge on any atom is -0.490 e. The van der Waals surface area contributed by atoms with Gasteiger partial charge < -0.3 is 16.2 Å². The molecule has 0 spiro atoms. The summed E-state index contributed by atoms with van der Waals surface area (Å²) in [7, 11) is 0. The Morgan fingerprint density at radius 1 is 1.12 bits per heavy atom. The molecule has 94 valence electrons. The van der Waals surface area contributed by atoms with E-state index in [9.17, 15) is 0 Å². The lowest BCUT2D eigenvalue weighted by Gasteiger charge is -2.26. The van der Waals surface area contributed by atoms with E-state index in [-0.39, 0.29) is 0 Å². The molecule has 0 aromatic heterocycles. The summed E-state index contributed by atoms with van der Waals surface area (Å²) >= 11 is 0. The monoisotopic (exact) mass is 235 g/mol. The van der Waals surface area contributed by atoms with Crippen LogP contribution in [0.1, 0.15) is 19.3 Å². The maximum absolute atomic E-state index is 5.81. The molecule has 17 heavy (non-hydrogen) atoms. The second-order valence-corrected chi connectivity index (χ2v) is 4.55. The smallest absolute Gasteiger partial charge is 0.144 e. The van der Waals surface area contributed by atoms with Crippen LogP contribution in [0.5, 0.6) is 5.75 Å². The molecule has 2 rings (SSSR count). The third-order valence-corrected chi connectivity index (χ3v) is 3.15. The van der Waals surface area contributed by atoms with Crippen LogP contribution in [-0.4, -0.2) is 31.1 Å². The van der Waals surface area contributed by atoms with Crippen LogP contribution in [0.25, 0.3) is 0 Å². The Labute approximate surface area is 103 Å². The standard InChI is InChI=1S/C13H21N3O/c14-11-4-5-12(15)13(10-11)17-9-8-16-6-2-1-3-7-16/h4-5,10H,1-3,6-9,14-15H2. The highest BCUT2D eigenvalue weighted by Crippen LogP contribution is 2.23. The number of piperidine rings is 1. The van der Waals surface area contributed by atoms with E-state index in [4.69, 9.17) is 16.2 Å². The fourth-order valence-corrected chi connectivity index (χ4v) is 2.14. The minimum atomic E-state index is 0.651. The SMILES string of the molecule is Nc1ccc(N)c(OCCN2CCCCC2)c1. The van der Waals surface area contributed by atoms with Crippen LogP contribution in [-0.2, 0) is 0 Å². The zero-order valence-corrected chi connectivity index (χ0v) is 10.2. The summed E-state index contributed by atoms with van der Waals surface area (Å²) in [6.07, 6.45) is 3.97. The number of hydrogen-bond donors (Lipinski definition) is 2. The van der Waals surface area contributed by atoms with Gasteiger partial charge in [-0.15, -0.1) is 0 Å². The number of rotatable bonds is 4. The maximum Gasteiger partial charge on any atom is 0.144 e. The summed E-state index contributed by atoms with van der Waals surface area (Å²) in [5, 5.41) is 0. The molecule has 1 aliphatic heterocycles. The van der Waals surface area contributed by atoms with Crippen molar-refractivity contribution in [3.8, 4) is 5.75 Å². The third-order valence-electron chi connectivity index (χ3n) is 3.15. The van der Waals surface area contributed by atoms with Crippen molar-refractivity contribution in [3.05, 3.63) is 18.2 Å². The van der Waals surface area contributed by atoms with Gasteiger partial charge in [0.05, 0.1) is 5.69 Å². The van der Waals surface area contributed by atoms with Crippen molar-refractivity contribution in [1.82, 2.24) is 4.90 Å². The van der Waals surface area contributed by atoms with Crippen molar-refractivity contribution in [2.24, 2.45) is 0 Å². The van der Waals surface area contributed by atoms with Crippen LogP contribution in [0, 0.1) is 0 Å². The first kappa shape index (κ1) is 12.0. The van der Waals surface area contributed by atoms with E-state index >= 15 is 0 Å². The van der Waals surface area contributed by atoms with E-state index in [1.807, 2.05) is 0 Å². The Hall–Kier alpha value is -1.42. The first-order chi connectivity index (χ1) is 8.25. The summed E-state index contributed by atoms with van der Waals surface area (Å²) in [5.41, 5.74) is 12.8. The van der Waals surface area contributed by atoms with E-state index in [1.165, 1.54) is 32.4 Å². The molecule has 0 radical (unpaired) electrons. The van der Waals surface area contributed by atoms with Gasteiger partial charge in [-0.3, -0.25) is 4.90 Å². The number of anilines is 2. The van der Waals surface area contributed by atoms with Gasteiger partial charge in [0, 0.05) is 18.3 Å². The molecule has 0 amide bonds. The van der Waals surface area contributed by atoms with Gasteiger partial charge in [-0.25, -0.2) is 0 Å².